The van der Waals surface area contributed by atoms with Gasteiger partial charge >= 0.3 is 0 Å². The van der Waals surface area contributed by atoms with Crippen LogP contribution in [0.3, 0.4) is 0 Å². The van der Waals surface area contributed by atoms with Crippen LogP contribution in [0.2, 0.25) is 0 Å². The molecule has 0 radical (unpaired) electrons. The number of nitrogens with zero attached hydrogens (tertiary/aromatic N) is 2. The highest BCUT2D eigenvalue weighted by atomic mass is 16.5. The molecule has 3 rings (SSSR count). The molecule has 0 spiro atoms. The molecule has 2 fully saturated rings. The number of piperidine rings is 2. The van der Waals surface area contributed by atoms with E-state index < -0.39 is 0 Å². The van der Waals surface area contributed by atoms with Gasteiger partial charge in [-0.15, -0.1) is 0 Å². The van der Waals surface area contributed by atoms with Gasteiger partial charge in [0.2, 0.25) is 11.8 Å². The van der Waals surface area contributed by atoms with E-state index in [1.54, 1.807) is 7.11 Å². The van der Waals surface area contributed by atoms with Crippen LogP contribution in [0.5, 0.6) is 0 Å². The van der Waals surface area contributed by atoms with Crippen LogP contribution >= 0.6 is 0 Å². The topological polar surface area (TPSA) is 61.9 Å². The van der Waals surface area contributed by atoms with Crippen molar-refractivity contribution in [3.8, 4) is 0 Å². The summed E-state index contributed by atoms with van der Waals surface area (Å²) in [5.41, 5.74) is 1.26. The van der Waals surface area contributed by atoms with Gasteiger partial charge < -0.3 is 19.9 Å². The average molecular weight is 388 g/mol. The number of likely N-dealkylation sites (tertiary alicyclic amines) is 2. The molecule has 154 valence electrons. The van der Waals surface area contributed by atoms with E-state index in [4.69, 9.17) is 4.74 Å². The minimum atomic E-state index is 0.0897. The monoisotopic (exact) mass is 387 g/mol. The second-order valence-electron chi connectivity index (χ2n) is 7.88. The minimum Gasteiger partial charge on any atom is -0.375 e. The van der Waals surface area contributed by atoms with Gasteiger partial charge in [0.1, 0.15) is 6.61 Å². The SMILES string of the molecule is COCC(=O)N1CCC(N2CCC(C(=O)NCCc3ccccc3)CC2)CC1. The maximum absolute atomic E-state index is 12.5. The summed E-state index contributed by atoms with van der Waals surface area (Å²) >= 11 is 0. The highest BCUT2D eigenvalue weighted by Gasteiger charge is 2.31. The summed E-state index contributed by atoms with van der Waals surface area (Å²) in [6.07, 6.45) is 4.78. The van der Waals surface area contributed by atoms with Crippen LogP contribution in [0.4, 0.5) is 0 Å². The first-order valence-corrected chi connectivity index (χ1v) is 10.5. The molecule has 0 aromatic heterocycles. The third kappa shape index (κ3) is 5.79. The van der Waals surface area contributed by atoms with E-state index in [-0.39, 0.29) is 24.3 Å². The molecule has 6 heteroatoms. The lowest BCUT2D eigenvalue weighted by molar-refractivity contribution is -0.137. The van der Waals surface area contributed by atoms with Gasteiger partial charge in [-0.1, -0.05) is 30.3 Å². The molecular formula is C22H33N3O3. The van der Waals surface area contributed by atoms with Gasteiger partial charge in [0.25, 0.3) is 0 Å². The number of ether oxygens (including phenoxy) is 1. The van der Waals surface area contributed by atoms with Crippen LogP contribution < -0.4 is 5.32 Å². The number of hydrogen-bond acceptors (Lipinski definition) is 4. The van der Waals surface area contributed by atoms with Crippen molar-refractivity contribution in [3.05, 3.63) is 35.9 Å². The minimum absolute atomic E-state index is 0.0897. The van der Waals surface area contributed by atoms with Gasteiger partial charge in [-0.25, -0.2) is 0 Å². The molecular weight excluding hydrogens is 354 g/mol. The summed E-state index contributed by atoms with van der Waals surface area (Å²) in [5, 5.41) is 3.11. The summed E-state index contributed by atoms with van der Waals surface area (Å²) in [7, 11) is 1.56. The zero-order chi connectivity index (χ0) is 19.8. The Morgan fingerprint density at radius 1 is 1.04 bits per heavy atom. The normalized spacial score (nSPS) is 19.5. The summed E-state index contributed by atoms with van der Waals surface area (Å²) in [4.78, 5) is 28.8. The number of hydrogen-bond donors (Lipinski definition) is 1. The van der Waals surface area contributed by atoms with Crippen molar-refractivity contribution < 1.29 is 14.3 Å². The van der Waals surface area contributed by atoms with E-state index >= 15 is 0 Å². The zero-order valence-electron chi connectivity index (χ0n) is 16.9. The smallest absolute Gasteiger partial charge is 0.248 e. The highest BCUT2D eigenvalue weighted by Crippen LogP contribution is 2.24. The maximum atomic E-state index is 12.5. The van der Waals surface area contributed by atoms with Gasteiger partial charge in [0, 0.05) is 38.7 Å². The van der Waals surface area contributed by atoms with E-state index in [2.05, 4.69) is 22.3 Å². The molecule has 1 aromatic rings. The number of carbonyl (C=O) groups excluding carboxylic acids is 2. The van der Waals surface area contributed by atoms with Crippen molar-refractivity contribution >= 4 is 11.8 Å². The molecule has 2 aliphatic heterocycles. The van der Waals surface area contributed by atoms with Gasteiger partial charge in [-0.2, -0.15) is 0 Å². The second kappa shape index (κ2) is 10.6. The lowest BCUT2D eigenvalue weighted by atomic mass is 9.92. The van der Waals surface area contributed by atoms with Crippen LogP contribution in [-0.4, -0.2) is 74.1 Å². The lowest BCUT2D eigenvalue weighted by Crippen LogP contribution is -2.50. The van der Waals surface area contributed by atoms with E-state index in [9.17, 15) is 9.59 Å². The Hall–Kier alpha value is -1.92. The van der Waals surface area contributed by atoms with E-state index in [0.29, 0.717) is 12.6 Å². The molecule has 1 N–H and O–H groups in total. The van der Waals surface area contributed by atoms with Gasteiger partial charge in [0.15, 0.2) is 0 Å². The third-order valence-electron chi connectivity index (χ3n) is 6.06. The average Bonchev–Trinajstić information content (AvgIpc) is 2.75. The van der Waals surface area contributed by atoms with Gasteiger partial charge in [-0.3, -0.25) is 9.59 Å². The first-order chi connectivity index (χ1) is 13.7. The number of rotatable bonds is 7. The molecule has 0 bridgehead atoms. The molecule has 28 heavy (non-hydrogen) atoms. The second-order valence-corrected chi connectivity index (χ2v) is 7.88. The van der Waals surface area contributed by atoms with Crippen LogP contribution in [0, 0.1) is 5.92 Å². The fourth-order valence-corrected chi connectivity index (χ4v) is 4.34. The fraction of sp³-hybridized carbons (Fsp3) is 0.636. The predicted octanol–water partition coefficient (Wildman–Crippen LogP) is 1.69. The Bertz CT molecular complexity index is 621. The molecule has 0 aliphatic carbocycles. The molecule has 2 saturated heterocycles. The number of nitrogens with one attached hydrogen (secondary N) is 1. The zero-order valence-corrected chi connectivity index (χ0v) is 16.9. The van der Waals surface area contributed by atoms with Crippen molar-refractivity contribution in [2.45, 2.75) is 38.1 Å². The molecule has 6 nitrogen and oxygen atoms in total. The van der Waals surface area contributed by atoms with Gasteiger partial charge in [0.05, 0.1) is 0 Å². The van der Waals surface area contributed by atoms with Crippen molar-refractivity contribution in [3.63, 3.8) is 0 Å². The summed E-state index contributed by atoms with van der Waals surface area (Å²) in [6.45, 7) is 4.47. The van der Waals surface area contributed by atoms with E-state index in [1.807, 2.05) is 23.1 Å². The van der Waals surface area contributed by atoms with Gasteiger partial charge in [-0.05, 0) is 50.8 Å². The first-order valence-electron chi connectivity index (χ1n) is 10.5. The Kier molecular flexibility index (Phi) is 7.86. The predicted molar refractivity (Wildman–Crippen MR) is 109 cm³/mol. The van der Waals surface area contributed by atoms with Crippen molar-refractivity contribution in [1.82, 2.24) is 15.1 Å². The standard InChI is InChI=1S/C22H33N3O3/c1-28-17-21(26)25-15-10-20(11-16-25)24-13-8-19(9-14-24)22(27)23-12-7-18-5-3-2-4-6-18/h2-6,19-20H,7-17H2,1H3,(H,23,27). The number of methoxy groups -OCH3 is 1. The van der Waals surface area contributed by atoms with Crippen molar-refractivity contribution in [1.29, 1.82) is 0 Å². The summed E-state index contributed by atoms with van der Waals surface area (Å²) < 4.78 is 4.95. The molecule has 2 aliphatic rings. The van der Waals surface area contributed by atoms with Crippen LogP contribution in [0.15, 0.2) is 30.3 Å². The van der Waals surface area contributed by atoms with Crippen molar-refractivity contribution in [2.24, 2.45) is 5.92 Å². The Morgan fingerprint density at radius 2 is 1.71 bits per heavy atom. The molecule has 2 heterocycles. The number of carbonyl (C=O) groups is 2. The lowest BCUT2D eigenvalue weighted by Gasteiger charge is -2.41. The quantitative estimate of drug-likeness (QED) is 0.774. The van der Waals surface area contributed by atoms with Crippen molar-refractivity contribution in [2.75, 3.05) is 46.4 Å². The molecule has 2 amide bonds. The van der Waals surface area contributed by atoms with E-state index in [0.717, 1.165) is 58.3 Å². The fourth-order valence-electron chi connectivity index (χ4n) is 4.34. The Morgan fingerprint density at radius 3 is 2.36 bits per heavy atom. The Labute approximate surface area is 168 Å². The number of amides is 2. The molecule has 0 saturated carbocycles. The first kappa shape index (κ1) is 20.8. The summed E-state index contributed by atoms with van der Waals surface area (Å²) in [6, 6.07) is 10.8. The molecule has 0 atom stereocenters. The Balaban J connectivity index is 1.34. The third-order valence-corrected chi connectivity index (χ3v) is 6.06. The van der Waals surface area contributed by atoms with Crippen LogP contribution in [-0.2, 0) is 20.7 Å². The maximum Gasteiger partial charge on any atom is 0.248 e. The largest absolute Gasteiger partial charge is 0.375 e. The number of benzene rings is 1. The van der Waals surface area contributed by atoms with Crippen LogP contribution in [0.25, 0.3) is 0 Å². The van der Waals surface area contributed by atoms with Crippen LogP contribution in [0.1, 0.15) is 31.2 Å². The molecule has 0 unspecified atom stereocenters. The molecule has 1 aromatic carbocycles. The van der Waals surface area contributed by atoms with E-state index in [1.165, 1.54) is 5.56 Å². The summed E-state index contributed by atoms with van der Waals surface area (Å²) in [5.74, 6) is 0.429. The highest BCUT2D eigenvalue weighted by molar-refractivity contribution is 5.78.